The first-order valence-corrected chi connectivity index (χ1v) is 7.91. The van der Waals surface area contributed by atoms with Crippen LogP contribution < -0.4 is 0 Å². The van der Waals surface area contributed by atoms with Gasteiger partial charge in [-0.25, -0.2) is 8.42 Å². The van der Waals surface area contributed by atoms with E-state index < -0.39 is 9.84 Å². The van der Waals surface area contributed by atoms with Crippen LogP contribution in [0.2, 0.25) is 0 Å². The molecule has 0 N–H and O–H groups in total. The Morgan fingerprint density at radius 2 is 1.89 bits per heavy atom. The van der Waals surface area contributed by atoms with E-state index in [0.29, 0.717) is 10.6 Å². The molecule has 5 nitrogen and oxygen atoms in total. The maximum atomic E-state index is 11.3. The Bertz CT molecular complexity index is 734. The highest BCUT2D eigenvalue weighted by atomic mass is 32.2. The summed E-state index contributed by atoms with van der Waals surface area (Å²) in [6, 6.07) is 10.0. The van der Waals surface area contributed by atoms with Crippen molar-refractivity contribution in [3.05, 3.63) is 42.1 Å². The summed E-state index contributed by atoms with van der Waals surface area (Å²) < 4.78 is 22.7. The van der Waals surface area contributed by atoms with E-state index in [-0.39, 0.29) is 4.90 Å². The summed E-state index contributed by atoms with van der Waals surface area (Å²) in [7, 11) is -3.19. The molecule has 0 aliphatic rings. The molecule has 7 heteroatoms. The molecule has 0 fully saturated rings. The molecule has 0 unspecified atom stereocenters. The zero-order valence-electron chi connectivity index (χ0n) is 9.94. The van der Waals surface area contributed by atoms with Gasteiger partial charge in [0.1, 0.15) is 11.1 Å². The molecular formula is C12H9N3O2S2. The monoisotopic (exact) mass is 291 g/mol. The van der Waals surface area contributed by atoms with E-state index in [1.54, 1.807) is 18.2 Å². The van der Waals surface area contributed by atoms with Crippen LogP contribution in [-0.4, -0.2) is 24.9 Å². The third-order valence-corrected chi connectivity index (χ3v) is 4.40. The molecule has 1 aromatic heterocycles. The van der Waals surface area contributed by atoms with E-state index in [4.69, 9.17) is 5.26 Å². The van der Waals surface area contributed by atoms with Crippen LogP contribution in [0.25, 0.3) is 0 Å². The third kappa shape index (κ3) is 3.30. The predicted octanol–water partition coefficient (Wildman–Crippen LogP) is 1.90. The molecule has 0 aliphatic carbocycles. The molecule has 0 saturated carbocycles. The van der Waals surface area contributed by atoms with Crippen LogP contribution in [0.5, 0.6) is 0 Å². The summed E-state index contributed by atoms with van der Waals surface area (Å²) in [5.41, 5.74) is 0.437. The van der Waals surface area contributed by atoms with Crippen molar-refractivity contribution in [2.75, 3.05) is 6.26 Å². The smallest absolute Gasteiger partial charge is 0.175 e. The van der Waals surface area contributed by atoms with Crippen LogP contribution in [0.15, 0.2) is 51.3 Å². The Hall–Kier alpha value is -1.91. The quantitative estimate of drug-likeness (QED) is 0.858. The Kier molecular flexibility index (Phi) is 3.83. The zero-order valence-corrected chi connectivity index (χ0v) is 11.6. The minimum atomic E-state index is -3.19. The van der Waals surface area contributed by atoms with Gasteiger partial charge >= 0.3 is 0 Å². The fourth-order valence-corrected chi connectivity index (χ4v) is 2.78. The van der Waals surface area contributed by atoms with Gasteiger partial charge in [-0.15, -0.1) is 5.10 Å². The molecule has 96 valence electrons. The zero-order chi connectivity index (χ0) is 13.9. The topological polar surface area (TPSA) is 83.7 Å². The second kappa shape index (κ2) is 5.38. The number of nitriles is 1. The number of aromatic nitrogens is 2. The molecule has 2 rings (SSSR count). The van der Waals surface area contributed by atoms with Gasteiger partial charge < -0.3 is 0 Å². The molecule has 0 aliphatic heterocycles. The average Bonchev–Trinajstić information content (AvgIpc) is 2.39. The SMILES string of the molecule is CS(=O)(=O)c1ccc(Sc2nnccc2C#N)cc1. The highest BCUT2D eigenvalue weighted by molar-refractivity contribution is 7.99. The summed E-state index contributed by atoms with van der Waals surface area (Å²) in [5.74, 6) is 0. The van der Waals surface area contributed by atoms with Crippen LogP contribution in [-0.2, 0) is 9.84 Å². The molecule has 0 bridgehead atoms. The van der Waals surface area contributed by atoms with Crippen molar-refractivity contribution < 1.29 is 8.42 Å². The Labute approximate surface area is 115 Å². The first-order valence-electron chi connectivity index (χ1n) is 5.20. The molecule has 0 radical (unpaired) electrons. The van der Waals surface area contributed by atoms with Crippen molar-refractivity contribution in [1.82, 2.24) is 10.2 Å². The van der Waals surface area contributed by atoms with Crippen LogP contribution in [0.3, 0.4) is 0 Å². The molecule has 0 spiro atoms. The fourth-order valence-electron chi connectivity index (χ4n) is 1.35. The second-order valence-corrected chi connectivity index (χ2v) is 6.79. The Balaban J connectivity index is 2.28. The van der Waals surface area contributed by atoms with Crippen LogP contribution >= 0.6 is 11.8 Å². The summed E-state index contributed by atoms with van der Waals surface area (Å²) in [6.45, 7) is 0. The van der Waals surface area contributed by atoms with Gasteiger partial charge in [-0.1, -0.05) is 11.8 Å². The number of hydrogen-bond acceptors (Lipinski definition) is 6. The fraction of sp³-hybridized carbons (Fsp3) is 0.0833. The highest BCUT2D eigenvalue weighted by Crippen LogP contribution is 2.28. The van der Waals surface area contributed by atoms with Gasteiger partial charge in [-0.05, 0) is 30.3 Å². The van der Waals surface area contributed by atoms with E-state index in [1.165, 1.54) is 30.1 Å². The van der Waals surface area contributed by atoms with E-state index in [9.17, 15) is 8.42 Å². The highest BCUT2D eigenvalue weighted by Gasteiger charge is 2.09. The number of benzene rings is 1. The summed E-state index contributed by atoms with van der Waals surface area (Å²) in [5, 5.41) is 17.1. The lowest BCUT2D eigenvalue weighted by molar-refractivity contribution is 0.602. The average molecular weight is 291 g/mol. The first-order chi connectivity index (χ1) is 9.00. The number of hydrogen-bond donors (Lipinski definition) is 0. The van der Waals surface area contributed by atoms with Gasteiger partial charge in [0.05, 0.1) is 16.7 Å². The second-order valence-electron chi connectivity index (χ2n) is 3.71. The molecular weight excluding hydrogens is 282 g/mol. The molecule has 2 aromatic rings. The van der Waals surface area contributed by atoms with Gasteiger partial charge in [-0.2, -0.15) is 10.4 Å². The molecule has 0 amide bonds. The van der Waals surface area contributed by atoms with Gasteiger partial charge in [0, 0.05) is 11.2 Å². The third-order valence-electron chi connectivity index (χ3n) is 2.27. The summed E-state index contributed by atoms with van der Waals surface area (Å²) in [4.78, 5) is 1.06. The van der Waals surface area contributed by atoms with Gasteiger partial charge in [0.2, 0.25) is 0 Å². The van der Waals surface area contributed by atoms with Crippen LogP contribution in [0.4, 0.5) is 0 Å². The van der Waals surface area contributed by atoms with Gasteiger partial charge in [0.15, 0.2) is 9.84 Å². The van der Waals surface area contributed by atoms with Crippen molar-refractivity contribution in [3.63, 3.8) is 0 Å². The number of sulfone groups is 1. The Morgan fingerprint density at radius 3 is 2.47 bits per heavy atom. The first kappa shape index (κ1) is 13.5. The number of rotatable bonds is 3. The summed E-state index contributed by atoms with van der Waals surface area (Å²) in [6.07, 6.45) is 2.61. The molecule has 19 heavy (non-hydrogen) atoms. The van der Waals surface area contributed by atoms with E-state index >= 15 is 0 Å². The summed E-state index contributed by atoms with van der Waals surface area (Å²) >= 11 is 1.27. The van der Waals surface area contributed by atoms with Crippen LogP contribution in [0.1, 0.15) is 5.56 Å². The number of nitrogens with zero attached hydrogens (tertiary/aromatic N) is 3. The van der Waals surface area contributed by atoms with Crippen LogP contribution in [0, 0.1) is 11.3 Å². The lowest BCUT2D eigenvalue weighted by Crippen LogP contribution is -1.96. The Morgan fingerprint density at radius 1 is 1.21 bits per heavy atom. The van der Waals surface area contributed by atoms with Crippen molar-refractivity contribution in [2.24, 2.45) is 0 Å². The van der Waals surface area contributed by atoms with Gasteiger partial charge in [-0.3, -0.25) is 0 Å². The van der Waals surface area contributed by atoms with Crippen molar-refractivity contribution >= 4 is 21.6 Å². The standard InChI is InChI=1S/C12H9N3O2S2/c1-19(16,17)11-4-2-10(3-5-11)18-12-9(8-13)6-7-14-15-12/h2-7H,1H3. The van der Waals surface area contributed by atoms with Gasteiger partial charge in [0.25, 0.3) is 0 Å². The normalized spacial score (nSPS) is 10.9. The van der Waals surface area contributed by atoms with Crippen molar-refractivity contribution in [1.29, 1.82) is 5.26 Å². The van der Waals surface area contributed by atoms with Crippen molar-refractivity contribution in [3.8, 4) is 6.07 Å². The van der Waals surface area contributed by atoms with Crippen molar-refractivity contribution in [2.45, 2.75) is 14.8 Å². The minimum absolute atomic E-state index is 0.261. The minimum Gasteiger partial charge on any atom is -0.224 e. The van der Waals surface area contributed by atoms with E-state index in [1.807, 2.05) is 6.07 Å². The molecule has 1 aromatic carbocycles. The molecule has 0 saturated heterocycles. The maximum absolute atomic E-state index is 11.3. The van der Waals surface area contributed by atoms with E-state index in [2.05, 4.69) is 10.2 Å². The lowest BCUT2D eigenvalue weighted by atomic mass is 10.3. The largest absolute Gasteiger partial charge is 0.224 e. The molecule has 1 heterocycles. The lowest BCUT2D eigenvalue weighted by Gasteiger charge is -2.03. The molecule has 0 atom stereocenters. The predicted molar refractivity (Wildman–Crippen MR) is 70.4 cm³/mol. The van der Waals surface area contributed by atoms with E-state index in [0.717, 1.165) is 11.2 Å². The maximum Gasteiger partial charge on any atom is 0.175 e.